The van der Waals surface area contributed by atoms with E-state index in [1.807, 2.05) is 24.3 Å². The van der Waals surface area contributed by atoms with Gasteiger partial charge in [0, 0.05) is 17.7 Å². The van der Waals surface area contributed by atoms with Gasteiger partial charge in [0.2, 0.25) is 0 Å². The number of ketones is 1. The molecule has 1 fully saturated rings. The standard InChI is InChI=1S/C19H19Cl2NO/c20-17-9-8-14(12-18(17)21)19(23)16-7-3-2-6-15(16)13-22-10-4-1-5-11-22/h2-3,6-9,12H,1,4-5,10-11,13H2. The minimum Gasteiger partial charge on any atom is -0.299 e. The van der Waals surface area contributed by atoms with E-state index in [0.717, 1.165) is 30.8 Å². The SMILES string of the molecule is O=C(c1ccc(Cl)c(Cl)c1)c1ccccc1CN1CCCCC1. The van der Waals surface area contributed by atoms with Crippen molar-refractivity contribution < 1.29 is 4.79 Å². The molecule has 0 N–H and O–H groups in total. The average molecular weight is 348 g/mol. The van der Waals surface area contributed by atoms with Crippen LogP contribution in [0.4, 0.5) is 0 Å². The van der Waals surface area contributed by atoms with E-state index in [1.165, 1.54) is 19.3 Å². The highest BCUT2D eigenvalue weighted by atomic mass is 35.5. The Morgan fingerprint density at radius 1 is 0.957 bits per heavy atom. The summed E-state index contributed by atoms with van der Waals surface area (Å²) >= 11 is 12.0. The number of halogens is 2. The molecule has 1 aliphatic rings. The lowest BCUT2D eigenvalue weighted by Gasteiger charge is -2.27. The molecule has 3 rings (SSSR count). The molecule has 2 aromatic rings. The van der Waals surface area contributed by atoms with Crippen molar-refractivity contribution in [3.63, 3.8) is 0 Å². The Kier molecular flexibility index (Phi) is 5.37. The highest BCUT2D eigenvalue weighted by molar-refractivity contribution is 6.42. The number of benzene rings is 2. The fraction of sp³-hybridized carbons (Fsp3) is 0.316. The minimum absolute atomic E-state index is 0.00354. The number of piperidine rings is 1. The molecular weight excluding hydrogens is 329 g/mol. The smallest absolute Gasteiger partial charge is 0.193 e. The van der Waals surface area contributed by atoms with E-state index in [1.54, 1.807) is 18.2 Å². The van der Waals surface area contributed by atoms with Gasteiger partial charge in [-0.25, -0.2) is 0 Å². The first-order valence-corrected chi connectivity index (χ1v) is 8.71. The quantitative estimate of drug-likeness (QED) is 0.707. The van der Waals surface area contributed by atoms with Crippen LogP contribution in [0.3, 0.4) is 0 Å². The molecular formula is C19H19Cl2NO. The van der Waals surface area contributed by atoms with Crippen LogP contribution in [0.1, 0.15) is 40.7 Å². The maximum absolute atomic E-state index is 12.9. The molecule has 1 heterocycles. The van der Waals surface area contributed by atoms with Crippen molar-refractivity contribution in [2.75, 3.05) is 13.1 Å². The fourth-order valence-electron chi connectivity index (χ4n) is 3.03. The van der Waals surface area contributed by atoms with Crippen LogP contribution in [-0.4, -0.2) is 23.8 Å². The summed E-state index contributed by atoms with van der Waals surface area (Å²) in [5.41, 5.74) is 2.40. The van der Waals surface area contributed by atoms with Crippen LogP contribution in [-0.2, 0) is 6.54 Å². The first-order valence-electron chi connectivity index (χ1n) is 7.95. The highest BCUT2D eigenvalue weighted by Gasteiger charge is 2.17. The van der Waals surface area contributed by atoms with Gasteiger partial charge in [-0.1, -0.05) is 53.9 Å². The van der Waals surface area contributed by atoms with Crippen molar-refractivity contribution in [1.29, 1.82) is 0 Å². The predicted octanol–water partition coefficient (Wildman–Crippen LogP) is 5.21. The number of hydrogen-bond donors (Lipinski definition) is 0. The normalized spacial score (nSPS) is 15.6. The Hall–Kier alpha value is -1.35. The number of hydrogen-bond acceptors (Lipinski definition) is 2. The molecule has 1 saturated heterocycles. The molecule has 1 aliphatic heterocycles. The predicted molar refractivity (Wildman–Crippen MR) is 95.5 cm³/mol. The highest BCUT2D eigenvalue weighted by Crippen LogP contribution is 2.25. The Morgan fingerprint density at radius 2 is 1.70 bits per heavy atom. The molecule has 0 aromatic heterocycles. The molecule has 0 unspecified atom stereocenters. The van der Waals surface area contributed by atoms with Gasteiger partial charge in [0.1, 0.15) is 0 Å². The van der Waals surface area contributed by atoms with E-state index in [-0.39, 0.29) is 5.78 Å². The lowest BCUT2D eigenvalue weighted by molar-refractivity contribution is 0.103. The van der Waals surface area contributed by atoms with Gasteiger partial charge in [0.05, 0.1) is 10.0 Å². The third-order valence-corrected chi connectivity index (χ3v) is 5.03. The topological polar surface area (TPSA) is 20.3 Å². The van der Waals surface area contributed by atoms with E-state index in [0.29, 0.717) is 15.6 Å². The van der Waals surface area contributed by atoms with Crippen molar-refractivity contribution in [2.45, 2.75) is 25.8 Å². The molecule has 2 nitrogen and oxygen atoms in total. The summed E-state index contributed by atoms with van der Waals surface area (Å²) in [6.07, 6.45) is 3.78. The maximum Gasteiger partial charge on any atom is 0.193 e. The van der Waals surface area contributed by atoms with Crippen LogP contribution < -0.4 is 0 Å². The third-order valence-electron chi connectivity index (χ3n) is 4.29. The van der Waals surface area contributed by atoms with Crippen molar-refractivity contribution >= 4 is 29.0 Å². The largest absolute Gasteiger partial charge is 0.299 e. The van der Waals surface area contributed by atoms with Gasteiger partial charge in [-0.2, -0.15) is 0 Å². The lowest BCUT2D eigenvalue weighted by atomic mass is 9.97. The van der Waals surface area contributed by atoms with Gasteiger partial charge >= 0.3 is 0 Å². The molecule has 4 heteroatoms. The Balaban J connectivity index is 1.86. The molecule has 2 aromatic carbocycles. The summed E-state index contributed by atoms with van der Waals surface area (Å²) in [6.45, 7) is 3.04. The lowest BCUT2D eigenvalue weighted by Crippen LogP contribution is -2.29. The number of carbonyl (C=O) groups is 1. The number of rotatable bonds is 4. The van der Waals surface area contributed by atoms with E-state index >= 15 is 0 Å². The molecule has 0 bridgehead atoms. The van der Waals surface area contributed by atoms with Gasteiger partial charge in [0.25, 0.3) is 0 Å². The second kappa shape index (κ2) is 7.48. The average Bonchev–Trinajstić information content (AvgIpc) is 2.58. The molecule has 120 valence electrons. The van der Waals surface area contributed by atoms with Crippen LogP contribution in [0.15, 0.2) is 42.5 Å². The molecule has 0 amide bonds. The minimum atomic E-state index is -0.00354. The Bertz CT molecular complexity index is 708. The summed E-state index contributed by atoms with van der Waals surface area (Å²) in [4.78, 5) is 15.3. The van der Waals surface area contributed by atoms with E-state index in [9.17, 15) is 4.79 Å². The summed E-state index contributed by atoms with van der Waals surface area (Å²) in [5.74, 6) is -0.00354. The molecule has 0 saturated carbocycles. The van der Waals surface area contributed by atoms with Gasteiger partial charge in [0.15, 0.2) is 5.78 Å². The van der Waals surface area contributed by atoms with Crippen molar-refractivity contribution in [3.05, 3.63) is 69.2 Å². The summed E-state index contributed by atoms with van der Waals surface area (Å²) in [5, 5.41) is 0.871. The van der Waals surface area contributed by atoms with Crippen LogP contribution in [0, 0.1) is 0 Å². The summed E-state index contributed by atoms with van der Waals surface area (Å²) < 4.78 is 0. The first-order chi connectivity index (χ1) is 11.1. The number of likely N-dealkylation sites (tertiary alicyclic amines) is 1. The Morgan fingerprint density at radius 3 is 2.43 bits per heavy atom. The molecule has 0 atom stereocenters. The van der Waals surface area contributed by atoms with Crippen LogP contribution in [0.5, 0.6) is 0 Å². The number of carbonyl (C=O) groups excluding carboxylic acids is 1. The molecule has 0 spiro atoms. The third kappa shape index (κ3) is 3.95. The monoisotopic (exact) mass is 347 g/mol. The first kappa shape index (κ1) is 16.5. The Labute approximate surface area is 147 Å². The summed E-state index contributed by atoms with van der Waals surface area (Å²) in [7, 11) is 0. The van der Waals surface area contributed by atoms with Crippen molar-refractivity contribution in [1.82, 2.24) is 4.90 Å². The zero-order chi connectivity index (χ0) is 16.2. The van der Waals surface area contributed by atoms with E-state index < -0.39 is 0 Å². The van der Waals surface area contributed by atoms with Gasteiger partial charge in [-0.3, -0.25) is 9.69 Å². The van der Waals surface area contributed by atoms with Crippen LogP contribution >= 0.6 is 23.2 Å². The van der Waals surface area contributed by atoms with Crippen molar-refractivity contribution in [2.24, 2.45) is 0 Å². The molecule has 0 aliphatic carbocycles. The van der Waals surface area contributed by atoms with E-state index in [4.69, 9.17) is 23.2 Å². The second-order valence-corrected chi connectivity index (χ2v) is 6.77. The van der Waals surface area contributed by atoms with Crippen LogP contribution in [0.2, 0.25) is 10.0 Å². The summed E-state index contributed by atoms with van der Waals surface area (Å²) in [6, 6.07) is 12.9. The number of nitrogens with zero attached hydrogens (tertiary/aromatic N) is 1. The molecule has 0 radical (unpaired) electrons. The fourth-order valence-corrected chi connectivity index (χ4v) is 3.33. The van der Waals surface area contributed by atoms with Gasteiger partial charge < -0.3 is 0 Å². The second-order valence-electron chi connectivity index (χ2n) is 5.95. The van der Waals surface area contributed by atoms with Gasteiger partial charge in [-0.05, 0) is 49.7 Å². The van der Waals surface area contributed by atoms with Gasteiger partial charge in [-0.15, -0.1) is 0 Å². The maximum atomic E-state index is 12.9. The van der Waals surface area contributed by atoms with E-state index in [2.05, 4.69) is 4.90 Å². The zero-order valence-electron chi connectivity index (χ0n) is 12.9. The zero-order valence-corrected chi connectivity index (χ0v) is 14.4. The molecule has 23 heavy (non-hydrogen) atoms. The van der Waals surface area contributed by atoms with Crippen LogP contribution in [0.25, 0.3) is 0 Å². The van der Waals surface area contributed by atoms with Crippen molar-refractivity contribution in [3.8, 4) is 0 Å².